The van der Waals surface area contributed by atoms with E-state index in [-0.39, 0.29) is 17.9 Å². The van der Waals surface area contributed by atoms with Crippen molar-refractivity contribution in [1.82, 2.24) is 5.32 Å². The van der Waals surface area contributed by atoms with Gasteiger partial charge in [-0.15, -0.1) is 0 Å². The second kappa shape index (κ2) is 6.27. The molecular weight excluding hydrogens is 252 g/mol. The molecule has 4 heteroatoms. The summed E-state index contributed by atoms with van der Waals surface area (Å²) in [5, 5.41) is 12.6. The molecule has 0 heterocycles. The first-order chi connectivity index (χ1) is 9.58. The first-order valence-corrected chi connectivity index (χ1v) is 7.32. The van der Waals surface area contributed by atoms with E-state index < -0.39 is 0 Å². The quantitative estimate of drug-likeness (QED) is 0.738. The van der Waals surface area contributed by atoms with Gasteiger partial charge in [0.2, 0.25) is 0 Å². The second-order valence-electron chi connectivity index (χ2n) is 5.94. The fourth-order valence-electron chi connectivity index (χ4n) is 3.05. The van der Waals surface area contributed by atoms with Crippen LogP contribution < -0.4 is 11.1 Å². The number of amides is 1. The number of carbonyl (C=O) groups excluding carboxylic acids is 1. The maximum absolute atomic E-state index is 12.3. The van der Waals surface area contributed by atoms with E-state index in [9.17, 15) is 9.90 Å². The summed E-state index contributed by atoms with van der Waals surface area (Å²) in [6, 6.07) is 5.47. The number of hydrogen-bond acceptors (Lipinski definition) is 3. The van der Waals surface area contributed by atoms with Crippen LogP contribution in [0, 0.1) is 12.3 Å². The fraction of sp³-hybridized carbons (Fsp3) is 0.562. The number of aliphatic hydroxyl groups excluding tert-OH is 1. The molecule has 0 spiro atoms. The Bertz CT molecular complexity index is 459. The van der Waals surface area contributed by atoms with Crippen LogP contribution in [0.2, 0.25) is 0 Å². The van der Waals surface area contributed by atoms with Crippen LogP contribution >= 0.6 is 0 Å². The summed E-state index contributed by atoms with van der Waals surface area (Å²) in [4.78, 5) is 12.3. The molecule has 1 aromatic carbocycles. The number of nitrogen functional groups attached to an aromatic ring is 1. The van der Waals surface area contributed by atoms with Gasteiger partial charge in [-0.25, -0.2) is 0 Å². The molecule has 0 radical (unpaired) electrons. The fourth-order valence-corrected chi connectivity index (χ4v) is 3.05. The van der Waals surface area contributed by atoms with E-state index in [0.29, 0.717) is 17.8 Å². The van der Waals surface area contributed by atoms with Gasteiger partial charge >= 0.3 is 0 Å². The van der Waals surface area contributed by atoms with Crippen LogP contribution in [0.5, 0.6) is 0 Å². The van der Waals surface area contributed by atoms with Crippen molar-refractivity contribution in [2.75, 3.05) is 18.9 Å². The summed E-state index contributed by atoms with van der Waals surface area (Å²) >= 11 is 0. The highest BCUT2D eigenvalue weighted by atomic mass is 16.3. The number of carbonyl (C=O) groups is 1. The maximum Gasteiger partial charge on any atom is 0.253 e. The molecule has 1 aromatic rings. The van der Waals surface area contributed by atoms with Gasteiger partial charge in [-0.1, -0.05) is 31.4 Å². The Labute approximate surface area is 120 Å². The lowest BCUT2D eigenvalue weighted by Crippen LogP contribution is -2.41. The van der Waals surface area contributed by atoms with E-state index in [1.165, 1.54) is 6.42 Å². The van der Waals surface area contributed by atoms with Crippen LogP contribution in [-0.4, -0.2) is 24.2 Å². The summed E-state index contributed by atoms with van der Waals surface area (Å²) in [6.45, 7) is 2.54. The van der Waals surface area contributed by atoms with Crippen molar-refractivity contribution >= 4 is 11.6 Å². The molecule has 1 saturated carbocycles. The lowest BCUT2D eigenvalue weighted by Gasteiger charge is -2.35. The zero-order valence-corrected chi connectivity index (χ0v) is 12.1. The standard InChI is InChI=1S/C16H24N2O2/c1-12-6-5-7-13(17)14(12)15(20)18-10-16(11-19)8-3-2-4-9-16/h5-7,19H,2-4,8-11,17H2,1H3,(H,18,20). The molecule has 0 aliphatic heterocycles. The third-order valence-electron chi connectivity index (χ3n) is 4.41. The van der Waals surface area contributed by atoms with E-state index in [2.05, 4.69) is 5.32 Å². The minimum atomic E-state index is -0.147. The molecule has 4 nitrogen and oxygen atoms in total. The zero-order chi connectivity index (χ0) is 14.6. The Morgan fingerprint density at radius 3 is 2.65 bits per heavy atom. The summed E-state index contributed by atoms with van der Waals surface area (Å²) in [6.07, 6.45) is 5.44. The Balaban J connectivity index is 2.04. The van der Waals surface area contributed by atoms with Crippen LogP contribution in [0.15, 0.2) is 18.2 Å². The third kappa shape index (κ3) is 3.12. The number of rotatable bonds is 4. The van der Waals surface area contributed by atoms with Crippen molar-refractivity contribution in [3.8, 4) is 0 Å². The Morgan fingerprint density at radius 2 is 2.05 bits per heavy atom. The smallest absolute Gasteiger partial charge is 0.253 e. The van der Waals surface area contributed by atoms with Crippen molar-refractivity contribution in [3.05, 3.63) is 29.3 Å². The van der Waals surface area contributed by atoms with Crippen LogP contribution in [0.3, 0.4) is 0 Å². The first-order valence-electron chi connectivity index (χ1n) is 7.32. The topological polar surface area (TPSA) is 75.4 Å². The Hall–Kier alpha value is -1.55. The summed E-state index contributed by atoms with van der Waals surface area (Å²) in [5.74, 6) is -0.140. The lowest BCUT2D eigenvalue weighted by atomic mass is 9.74. The average Bonchev–Trinajstić information content (AvgIpc) is 2.46. The predicted octanol–water partition coefficient (Wildman–Crippen LogP) is 2.25. The minimum Gasteiger partial charge on any atom is -0.398 e. The van der Waals surface area contributed by atoms with Gasteiger partial charge in [0.15, 0.2) is 0 Å². The number of anilines is 1. The highest BCUT2D eigenvalue weighted by Gasteiger charge is 2.32. The second-order valence-corrected chi connectivity index (χ2v) is 5.94. The van der Waals surface area contributed by atoms with Crippen molar-refractivity contribution < 1.29 is 9.90 Å². The molecule has 0 aromatic heterocycles. The minimum absolute atomic E-state index is 0.135. The normalized spacial score (nSPS) is 17.7. The molecule has 0 bridgehead atoms. The number of hydrogen-bond donors (Lipinski definition) is 3. The van der Waals surface area contributed by atoms with Gasteiger partial charge in [0, 0.05) is 17.6 Å². The number of nitrogens with one attached hydrogen (secondary N) is 1. The molecule has 20 heavy (non-hydrogen) atoms. The first kappa shape index (κ1) is 14.9. The Kier molecular flexibility index (Phi) is 4.65. The zero-order valence-electron chi connectivity index (χ0n) is 12.1. The van der Waals surface area contributed by atoms with E-state index in [4.69, 9.17) is 5.73 Å². The molecule has 4 N–H and O–H groups in total. The highest BCUT2D eigenvalue weighted by molar-refractivity contribution is 6.00. The SMILES string of the molecule is Cc1cccc(N)c1C(=O)NCC1(CO)CCCCC1. The van der Waals surface area contributed by atoms with Gasteiger partial charge in [0.1, 0.15) is 0 Å². The summed E-state index contributed by atoms with van der Waals surface area (Å²) < 4.78 is 0. The highest BCUT2D eigenvalue weighted by Crippen LogP contribution is 2.35. The molecule has 0 unspecified atom stereocenters. The van der Waals surface area contributed by atoms with Crippen LogP contribution in [0.25, 0.3) is 0 Å². The van der Waals surface area contributed by atoms with Gasteiger partial charge < -0.3 is 16.2 Å². The van der Waals surface area contributed by atoms with Gasteiger partial charge in [0.25, 0.3) is 5.91 Å². The van der Waals surface area contributed by atoms with Crippen molar-refractivity contribution in [2.24, 2.45) is 5.41 Å². The molecule has 1 amide bonds. The maximum atomic E-state index is 12.3. The molecule has 0 atom stereocenters. The van der Waals surface area contributed by atoms with Gasteiger partial charge in [-0.3, -0.25) is 4.79 Å². The monoisotopic (exact) mass is 276 g/mol. The van der Waals surface area contributed by atoms with Crippen LogP contribution in [0.4, 0.5) is 5.69 Å². The molecule has 0 saturated heterocycles. The van der Waals surface area contributed by atoms with Gasteiger partial charge in [0.05, 0.1) is 12.2 Å². The van der Waals surface area contributed by atoms with Crippen molar-refractivity contribution in [1.29, 1.82) is 0 Å². The van der Waals surface area contributed by atoms with Gasteiger partial charge in [-0.2, -0.15) is 0 Å². The molecule has 1 aliphatic rings. The van der Waals surface area contributed by atoms with Crippen LogP contribution in [0.1, 0.15) is 48.0 Å². The largest absolute Gasteiger partial charge is 0.398 e. The summed E-state index contributed by atoms with van der Waals surface area (Å²) in [5.41, 5.74) is 7.67. The van der Waals surface area contributed by atoms with E-state index >= 15 is 0 Å². The number of nitrogens with two attached hydrogens (primary N) is 1. The summed E-state index contributed by atoms with van der Waals surface area (Å²) in [7, 11) is 0. The molecular formula is C16H24N2O2. The van der Waals surface area contributed by atoms with E-state index in [1.54, 1.807) is 6.07 Å². The predicted molar refractivity (Wildman–Crippen MR) is 80.5 cm³/mol. The molecule has 110 valence electrons. The number of aliphatic hydroxyl groups is 1. The third-order valence-corrected chi connectivity index (χ3v) is 4.41. The molecule has 2 rings (SSSR count). The molecule has 1 fully saturated rings. The Morgan fingerprint density at radius 1 is 1.35 bits per heavy atom. The van der Waals surface area contributed by atoms with Gasteiger partial charge in [-0.05, 0) is 31.4 Å². The number of aryl methyl sites for hydroxylation is 1. The average molecular weight is 276 g/mol. The van der Waals surface area contributed by atoms with Crippen LogP contribution in [-0.2, 0) is 0 Å². The number of benzene rings is 1. The molecule has 1 aliphatic carbocycles. The van der Waals surface area contributed by atoms with Crippen molar-refractivity contribution in [2.45, 2.75) is 39.0 Å². The van der Waals surface area contributed by atoms with Crippen molar-refractivity contribution in [3.63, 3.8) is 0 Å². The lowest BCUT2D eigenvalue weighted by molar-refractivity contribution is 0.0718. The van der Waals surface area contributed by atoms with E-state index in [0.717, 1.165) is 31.2 Å². The van der Waals surface area contributed by atoms with E-state index in [1.807, 2.05) is 19.1 Å².